The minimum Gasteiger partial charge on any atom is -0.338 e. The van der Waals surface area contributed by atoms with Gasteiger partial charge < -0.3 is 9.88 Å². The minimum absolute atomic E-state index is 0.216. The van der Waals surface area contributed by atoms with Gasteiger partial charge >= 0.3 is 0 Å². The Labute approximate surface area is 137 Å². The predicted molar refractivity (Wildman–Crippen MR) is 85.3 cm³/mol. The van der Waals surface area contributed by atoms with Crippen molar-refractivity contribution in [2.75, 3.05) is 0 Å². The van der Waals surface area contributed by atoms with E-state index in [0.29, 0.717) is 11.9 Å². The molecule has 0 saturated heterocycles. The van der Waals surface area contributed by atoms with Crippen molar-refractivity contribution in [2.45, 2.75) is 6.04 Å². The molecule has 1 atom stereocenters. The molecular weight excluding hydrogens is 312 g/mol. The van der Waals surface area contributed by atoms with E-state index in [2.05, 4.69) is 10.3 Å². The first-order chi connectivity index (χ1) is 11.6. The summed E-state index contributed by atoms with van der Waals surface area (Å²) in [7, 11) is 1.81. The Morgan fingerprint density at radius 2 is 1.92 bits per heavy atom. The maximum Gasteiger partial charge on any atom is 0.255 e. The predicted octanol–water partition coefficient (Wildman–Crippen LogP) is 3.22. The number of hydrogen-bond donors (Lipinski definition) is 1. The van der Waals surface area contributed by atoms with Crippen LogP contribution in [-0.2, 0) is 7.05 Å². The van der Waals surface area contributed by atoms with Gasteiger partial charge in [-0.25, -0.2) is 13.8 Å². The fourth-order valence-corrected chi connectivity index (χ4v) is 2.48. The van der Waals surface area contributed by atoms with Crippen LogP contribution in [0.4, 0.5) is 8.78 Å². The second-order valence-electron chi connectivity index (χ2n) is 5.34. The molecule has 0 spiro atoms. The summed E-state index contributed by atoms with van der Waals surface area (Å²) in [6.45, 7) is 0. The Morgan fingerprint density at radius 3 is 2.54 bits per heavy atom. The fraction of sp³-hybridized carbons (Fsp3) is 0.111. The third-order valence-corrected chi connectivity index (χ3v) is 3.70. The Balaban J connectivity index is 1.95. The first-order valence-corrected chi connectivity index (χ1v) is 7.34. The maximum absolute atomic E-state index is 13.9. The van der Waals surface area contributed by atoms with E-state index in [4.69, 9.17) is 0 Å². The van der Waals surface area contributed by atoms with E-state index >= 15 is 0 Å². The Kier molecular flexibility index (Phi) is 4.37. The normalized spacial score (nSPS) is 12.0. The van der Waals surface area contributed by atoms with Gasteiger partial charge in [0.15, 0.2) is 0 Å². The smallest absolute Gasteiger partial charge is 0.255 e. The van der Waals surface area contributed by atoms with E-state index in [1.54, 1.807) is 17.0 Å². The van der Waals surface area contributed by atoms with Crippen LogP contribution in [-0.4, -0.2) is 15.5 Å². The van der Waals surface area contributed by atoms with E-state index in [1.807, 2.05) is 37.4 Å². The lowest BCUT2D eigenvalue weighted by Crippen LogP contribution is -2.31. The zero-order valence-corrected chi connectivity index (χ0v) is 12.9. The zero-order chi connectivity index (χ0) is 17.1. The summed E-state index contributed by atoms with van der Waals surface area (Å²) in [6.07, 6.45) is 3.38. The molecule has 0 fully saturated rings. The number of carbonyl (C=O) groups excluding carboxylic acids is 1. The van der Waals surface area contributed by atoms with E-state index in [-0.39, 0.29) is 5.56 Å². The third-order valence-electron chi connectivity index (χ3n) is 3.70. The quantitative estimate of drug-likeness (QED) is 0.800. The van der Waals surface area contributed by atoms with Crippen LogP contribution in [0.15, 0.2) is 60.9 Å². The molecule has 6 heteroatoms. The lowest BCUT2D eigenvalue weighted by molar-refractivity contribution is 0.0937. The van der Waals surface area contributed by atoms with Crippen LogP contribution in [0.2, 0.25) is 0 Å². The molecule has 1 amide bonds. The maximum atomic E-state index is 13.9. The summed E-state index contributed by atoms with van der Waals surface area (Å²) >= 11 is 0. The highest BCUT2D eigenvalue weighted by molar-refractivity contribution is 5.94. The molecule has 24 heavy (non-hydrogen) atoms. The number of nitrogens with zero attached hydrogens (tertiary/aromatic N) is 2. The summed E-state index contributed by atoms with van der Waals surface area (Å²) in [5, 5.41) is 2.77. The van der Waals surface area contributed by atoms with Gasteiger partial charge in [0.25, 0.3) is 5.91 Å². The molecule has 4 nitrogen and oxygen atoms in total. The lowest BCUT2D eigenvalue weighted by atomic mass is 10.1. The standard InChI is InChI=1S/C18H15F2N3O/c1-23-10-9-21-17(23)16(12-5-3-2-4-6-12)22-18(24)14-8-7-13(19)11-15(14)20/h2-11,16H,1H3,(H,22,24). The Hall–Kier alpha value is -3.02. The van der Waals surface area contributed by atoms with E-state index in [9.17, 15) is 13.6 Å². The highest BCUT2D eigenvalue weighted by Gasteiger charge is 2.22. The number of benzene rings is 2. The summed E-state index contributed by atoms with van der Waals surface area (Å²) in [6, 6.07) is 11.6. The van der Waals surface area contributed by atoms with Crippen molar-refractivity contribution in [1.29, 1.82) is 0 Å². The first-order valence-electron chi connectivity index (χ1n) is 7.34. The number of amides is 1. The highest BCUT2D eigenvalue weighted by atomic mass is 19.1. The monoisotopic (exact) mass is 327 g/mol. The molecule has 0 aliphatic rings. The number of aryl methyl sites for hydroxylation is 1. The second-order valence-corrected chi connectivity index (χ2v) is 5.34. The van der Waals surface area contributed by atoms with Crippen molar-refractivity contribution in [1.82, 2.24) is 14.9 Å². The summed E-state index contributed by atoms with van der Waals surface area (Å²) in [5.74, 6) is -1.66. The fourth-order valence-electron chi connectivity index (χ4n) is 2.48. The average Bonchev–Trinajstić information content (AvgIpc) is 2.99. The van der Waals surface area contributed by atoms with E-state index < -0.39 is 23.6 Å². The van der Waals surface area contributed by atoms with Crippen molar-refractivity contribution in [3.05, 3.63) is 89.5 Å². The molecule has 1 unspecified atom stereocenters. The summed E-state index contributed by atoms with van der Waals surface area (Å²) < 4.78 is 28.7. The SMILES string of the molecule is Cn1ccnc1C(NC(=O)c1ccc(F)cc1F)c1ccccc1. The van der Waals surface area contributed by atoms with E-state index in [0.717, 1.165) is 17.7 Å². The van der Waals surface area contributed by atoms with Gasteiger partial charge in [-0.2, -0.15) is 0 Å². The van der Waals surface area contributed by atoms with Gasteiger partial charge in [0.05, 0.1) is 5.56 Å². The molecule has 0 aliphatic carbocycles. The van der Waals surface area contributed by atoms with Crippen LogP contribution in [0.1, 0.15) is 27.8 Å². The number of halogens is 2. The number of nitrogens with one attached hydrogen (secondary N) is 1. The lowest BCUT2D eigenvalue weighted by Gasteiger charge is -2.19. The molecule has 0 saturated carbocycles. The molecule has 1 N–H and O–H groups in total. The number of hydrogen-bond acceptors (Lipinski definition) is 2. The van der Waals surface area contributed by atoms with Gasteiger partial charge in [-0.3, -0.25) is 4.79 Å². The molecule has 3 rings (SSSR count). The van der Waals surface area contributed by atoms with Crippen molar-refractivity contribution in [2.24, 2.45) is 7.05 Å². The molecule has 0 bridgehead atoms. The van der Waals surface area contributed by atoms with Crippen molar-refractivity contribution >= 4 is 5.91 Å². The van der Waals surface area contributed by atoms with Gasteiger partial charge in [-0.15, -0.1) is 0 Å². The Morgan fingerprint density at radius 1 is 1.17 bits per heavy atom. The van der Waals surface area contributed by atoms with Crippen molar-refractivity contribution in [3.63, 3.8) is 0 Å². The molecular formula is C18H15F2N3O. The number of imidazole rings is 1. The zero-order valence-electron chi connectivity index (χ0n) is 12.9. The number of rotatable bonds is 4. The van der Waals surface area contributed by atoms with Gasteiger partial charge in [0, 0.05) is 25.5 Å². The molecule has 2 aromatic carbocycles. The van der Waals surface area contributed by atoms with Gasteiger partial charge in [0.2, 0.25) is 0 Å². The van der Waals surface area contributed by atoms with E-state index in [1.165, 1.54) is 0 Å². The molecule has 0 radical (unpaired) electrons. The minimum atomic E-state index is -0.904. The third kappa shape index (κ3) is 3.17. The van der Waals surface area contributed by atoms with Crippen LogP contribution in [0.25, 0.3) is 0 Å². The van der Waals surface area contributed by atoms with Crippen molar-refractivity contribution in [3.8, 4) is 0 Å². The van der Waals surface area contributed by atoms with Crippen LogP contribution in [0.3, 0.4) is 0 Å². The van der Waals surface area contributed by atoms with Crippen LogP contribution < -0.4 is 5.32 Å². The van der Waals surface area contributed by atoms with Gasteiger partial charge in [-0.1, -0.05) is 30.3 Å². The number of aromatic nitrogens is 2. The van der Waals surface area contributed by atoms with Crippen molar-refractivity contribution < 1.29 is 13.6 Å². The van der Waals surface area contributed by atoms with Crippen LogP contribution in [0.5, 0.6) is 0 Å². The summed E-state index contributed by atoms with van der Waals surface area (Å²) in [5.41, 5.74) is 0.592. The van der Waals surface area contributed by atoms with Gasteiger partial charge in [0.1, 0.15) is 23.5 Å². The largest absolute Gasteiger partial charge is 0.338 e. The average molecular weight is 327 g/mol. The highest BCUT2D eigenvalue weighted by Crippen LogP contribution is 2.21. The molecule has 1 aromatic heterocycles. The first kappa shape index (κ1) is 15.9. The molecule has 3 aromatic rings. The number of carbonyl (C=O) groups is 1. The Bertz CT molecular complexity index is 862. The van der Waals surface area contributed by atoms with Crippen LogP contribution >= 0.6 is 0 Å². The second kappa shape index (κ2) is 6.62. The molecule has 1 heterocycles. The molecule has 0 aliphatic heterocycles. The topological polar surface area (TPSA) is 46.9 Å². The molecule has 122 valence electrons. The van der Waals surface area contributed by atoms with Crippen LogP contribution in [0, 0.1) is 11.6 Å². The van der Waals surface area contributed by atoms with Gasteiger partial charge in [-0.05, 0) is 17.7 Å². The summed E-state index contributed by atoms with van der Waals surface area (Å²) in [4.78, 5) is 16.7.